The lowest BCUT2D eigenvalue weighted by Crippen LogP contribution is -2.10. The van der Waals surface area contributed by atoms with Crippen molar-refractivity contribution < 1.29 is 14.2 Å². The maximum absolute atomic E-state index is 13.6. The first-order valence-electron chi connectivity index (χ1n) is 5.83. The predicted octanol–water partition coefficient (Wildman–Crippen LogP) is 2.60. The van der Waals surface area contributed by atoms with E-state index in [1.54, 1.807) is 12.1 Å². The van der Waals surface area contributed by atoms with Crippen LogP contribution in [-0.2, 0) is 5.60 Å². The molecule has 2 aliphatic carbocycles. The highest BCUT2D eigenvalue weighted by atomic mass is 19.1. The van der Waals surface area contributed by atoms with Gasteiger partial charge in [-0.25, -0.2) is 4.39 Å². The van der Waals surface area contributed by atoms with Crippen LogP contribution in [0.5, 0.6) is 5.75 Å². The normalized spacial score (nSPS) is 21.9. The molecular weight excluding hydrogens is 207 g/mol. The predicted molar refractivity (Wildman–Crippen MR) is 57.7 cm³/mol. The Bertz CT molecular complexity index is 408. The molecule has 1 aromatic carbocycles. The van der Waals surface area contributed by atoms with Gasteiger partial charge in [0.1, 0.15) is 0 Å². The molecule has 1 N–H and O–H groups in total. The number of aliphatic hydroxyl groups is 1. The Kier molecular flexibility index (Phi) is 2.18. The zero-order chi connectivity index (χ0) is 11.2. The monoisotopic (exact) mass is 222 g/mol. The summed E-state index contributed by atoms with van der Waals surface area (Å²) in [5, 5.41) is 10.0. The molecule has 0 atom stereocenters. The van der Waals surface area contributed by atoms with E-state index in [0.717, 1.165) is 0 Å². The van der Waals surface area contributed by atoms with Crippen LogP contribution in [0.25, 0.3) is 0 Å². The van der Waals surface area contributed by atoms with E-state index in [-0.39, 0.29) is 11.6 Å². The van der Waals surface area contributed by atoms with Crippen molar-refractivity contribution in [2.24, 2.45) is 5.92 Å². The molecule has 0 radical (unpaired) electrons. The third-order valence-electron chi connectivity index (χ3n) is 3.35. The molecule has 86 valence electrons. The Morgan fingerprint density at radius 3 is 2.75 bits per heavy atom. The fourth-order valence-electron chi connectivity index (χ4n) is 1.90. The Labute approximate surface area is 94.0 Å². The Balaban J connectivity index is 1.86. The van der Waals surface area contributed by atoms with E-state index in [1.807, 2.05) is 0 Å². The summed E-state index contributed by atoms with van der Waals surface area (Å²) < 4.78 is 19.2. The molecule has 2 fully saturated rings. The molecule has 2 nitrogen and oxygen atoms in total. The van der Waals surface area contributed by atoms with Crippen LogP contribution in [0.4, 0.5) is 4.39 Å². The van der Waals surface area contributed by atoms with Crippen LogP contribution in [-0.4, -0.2) is 11.7 Å². The SMILES string of the molecule is OC1(c2cccc(F)c2OCC2CC2)CC1. The summed E-state index contributed by atoms with van der Waals surface area (Å²) in [6.45, 7) is 0.573. The van der Waals surface area contributed by atoms with Crippen LogP contribution >= 0.6 is 0 Å². The third kappa shape index (κ3) is 1.80. The second-order valence-electron chi connectivity index (χ2n) is 4.90. The average Bonchev–Trinajstić information content (AvgIpc) is 3.13. The van der Waals surface area contributed by atoms with E-state index >= 15 is 0 Å². The molecular formula is C13H15FO2. The van der Waals surface area contributed by atoms with Crippen LogP contribution in [0.15, 0.2) is 18.2 Å². The molecule has 1 aromatic rings. The van der Waals surface area contributed by atoms with E-state index in [4.69, 9.17) is 4.74 Å². The Morgan fingerprint density at radius 1 is 1.38 bits per heavy atom. The van der Waals surface area contributed by atoms with Crippen LogP contribution in [0.2, 0.25) is 0 Å². The first-order valence-corrected chi connectivity index (χ1v) is 5.83. The Morgan fingerprint density at radius 2 is 2.12 bits per heavy atom. The molecule has 0 spiro atoms. The molecule has 3 heteroatoms. The fourth-order valence-corrected chi connectivity index (χ4v) is 1.90. The summed E-state index contributed by atoms with van der Waals surface area (Å²) in [6.07, 6.45) is 3.76. The van der Waals surface area contributed by atoms with Gasteiger partial charge in [-0.2, -0.15) is 0 Å². The molecule has 2 aliphatic rings. The van der Waals surface area contributed by atoms with Crippen molar-refractivity contribution >= 4 is 0 Å². The van der Waals surface area contributed by atoms with Gasteiger partial charge in [-0.15, -0.1) is 0 Å². The number of halogens is 1. The summed E-state index contributed by atoms with van der Waals surface area (Å²) in [7, 11) is 0. The molecule has 2 saturated carbocycles. The first-order chi connectivity index (χ1) is 7.69. The molecule has 0 unspecified atom stereocenters. The van der Waals surface area contributed by atoms with Gasteiger partial charge in [-0.1, -0.05) is 12.1 Å². The minimum absolute atomic E-state index is 0.259. The quantitative estimate of drug-likeness (QED) is 0.848. The summed E-state index contributed by atoms with van der Waals surface area (Å²) in [6, 6.07) is 4.78. The number of hydrogen-bond donors (Lipinski definition) is 1. The van der Waals surface area contributed by atoms with E-state index in [0.29, 0.717) is 30.9 Å². The zero-order valence-electron chi connectivity index (χ0n) is 9.08. The fraction of sp³-hybridized carbons (Fsp3) is 0.538. The van der Waals surface area contributed by atoms with E-state index in [1.165, 1.54) is 18.9 Å². The highest BCUT2D eigenvalue weighted by Crippen LogP contribution is 2.49. The van der Waals surface area contributed by atoms with Gasteiger partial charge < -0.3 is 9.84 Å². The van der Waals surface area contributed by atoms with E-state index < -0.39 is 5.60 Å². The summed E-state index contributed by atoms with van der Waals surface area (Å²) in [5.41, 5.74) is -0.214. The smallest absolute Gasteiger partial charge is 0.165 e. The number of benzene rings is 1. The highest BCUT2D eigenvalue weighted by Gasteiger charge is 2.45. The summed E-state index contributed by atoms with van der Waals surface area (Å²) in [4.78, 5) is 0. The number of ether oxygens (including phenoxy) is 1. The molecule has 0 saturated heterocycles. The molecule has 0 bridgehead atoms. The van der Waals surface area contributed by atoms with Gasteiger partial charge in [0.25, 0.3) is 0 Å². The first kappa shape index (κ1) is 10.1. The van der Waals surface area contributed by atoms with Gasteiger partial charge in [0, 0.05) is 5.56 Å². The maximum atomic E-state index is 13.6. The number of hydrogen-bond acceptors (Lipinski definition) is 2. The van der Waals surface area contributed by atoms with E-state index in [2.05, 4.69) is 0 Å². The van der Waals surface area contributed by atoms with Crippen molar-refractivity contribution in [3.8, 4) is 5.75 Å². The molecule has 0 aliphatic heterocycles. The summed E-state index contributed by atoms with van der Waals surface area (Å²) >= 11 is 0. The van der Waals surface area contributed by atoms with Crippen molar-refractivity contribution in [2.45, 2.75) is 31.3 Å². The van der Waals surface area contributed by atoms with Crippen LogP contribution in [0, 0.1) is 11.7 Å². The standard InChI is InChI=1S/C13H15FO2/c14-11-3-1-2-10(13(15)6-7-13)12(11)16-8-9-4-5-9/h1-3,9,15H,4-8H2. The number of para-hydroxylation sites is 1. The van der Waals surface area contributed by atoms with Crippen LogP contribution in [0.1, 0.15) is 31.2 Å². The molecule has 0 aromatic heterocycles. The minimum atomic E-state index is -0.832. The molecule has 3 rings (SSSR count). The van der Waals surface area contributed by atoms with Crippen molar-refractivity contribution in [3.63, 3.8) is 0 Å². The lowest BCUT2D eigenvalue weighted by atomic mass is 10.1. The van der Waals surface area contributed by atoms with Gasteiger partial charge in [-0.3, -0.25) is 0 Å². The van der Waals surface area contributed by atoms with Crippen molar-refractivity contribution in [1.29, 1.82) is 0 Å². The van der Waals surface area contributed by atoms with Crippen molar-refractivity contribution in [3.05, 3.63) is 29.6 Å². The van der Waals surface area contributed by atoms with Crippen molar-refractivity contribution in [2.75, 3.05) is 6.61 Å². The second kappa shape index (κ2) is 3.45. The minimum Gasteiger partial charge on any atom is -0.490 e. The zero-order valence-corrected chi connectivity index (χ0v) is 9.08. The molecule has 0 heterocycles. The van der Waals surface area contributed by atoms with E-state index in [9.17, 15) is 9.50 Å². The van der Waals surface area contributed by atoms with Crippen LogP contribution in [0.3, 0.4) is 0 Å². The maximum Gasteiger partial charge on any atom is 0.165 e. The topological polar surface area (TPSA) is 29.5 Å². The third-order valence-corrected chi connectivity index (χ3v) is 3.35. The molecule has 16 heavy (non-hydrogen) atoms. The molecule has 0 amide bonds. The van der Waals surface area contributed by atoms with Gasteiger partial charge in [0.15, 0.2) is 11.6 Å². The highest BCUT2D eigenvalue weighted by molar-refractivity contribution is 5.42. The largest absolute Gasteiger partial charge is 0.490 e. The van der Waals surface area contributed by atoms with Gasteiger partial charge in [0.2, 0.25) is 0 Å². The Hall–Kier alpha value is -1.09. The summed E-state index contributed by atoms with van der Waals surface area (Å²) in [5.74, 6) is 0.481. The lowest BCUT2D eigenvalue weighted by Gasteiger charge is -2.15. The van der Waals surface area contributed by atoms with Gasteiger partial charge in [-0.05, 0) is 37.7 Å². The van der Waals surface area contributed by atoms with Gasteiger partial charge >= 0.3 is 0 Å². The van der Waals surface area contributed by atoms with Gasteiger partial charge in [0.05, 0.1) is 12.2 Å². The van der Waals surface area contributed by atoms with Crippen LogP contribution < -0.4 is 4.74 Å². The number of rotatable bonds is 4. The second-order valence-corrected chi connectivity index (χ2v) is 4.90. The lowest BCUT2D eigenvalue weighted by molar-refractivity contribution is 0.143. The average molecular weight is 222 g/mol. The van der Waals surface area contributed by atoms with Crippen molar-refractivity contribution in [1.82, 2.24) is 0 Å².